The lowest BCUT2D eigenvalue weighted by atomic mass is 10.2. The third-order valence-corrected chi connectivity index (χ3v) is 2.43. The minimum absolute atomic E-state index is 0.664. The van der Waals surface area contributed by atoms with Crippen LogP contribution in [-0.2, 0) is 11.2 Å². The molecule has 3 nitrogen and oxygen atoms in total. The van der Waals surface area contributed by atoms with E-state index < -0.39 is 0 Å². The molecular weight excluding hydrogens is 172 g/mol. The minimum atomic E-state index is 0.664. The van der Waals surface area contributed by atoms with Crippen LogP contribution >= 0.6 is 11.3 Å². The monoisotopic (exact) mass is 184 g/mol. The quantitative estimate of drug-likeness (QED) is 0.517. The van der Waals surface area contributed by atoms with Crippen LogP contribution in [0.15, 0.2) is 0 Å². The van der Waals surface area contributed by atoms with E-state index in [0.717, 1.165) is 35.6 Å². The number of unbranched alkanes of at least 4 members (excludes halogenated alkanes) is 2. The Hall–Kier alpha value is -0.770. The first-order valence-electron chi connectivity index (χ1n) is 4.05. The van der Waals surface area contributed by atoms with E-state index in [1.165, 1.54) is 0 Å². The molecule has 0 fully saturated rings. The van der Waals surface area contributed by atoms with Gasteiger partial charge in [-0.15, -0.1) is 21.5 Å². The lowest BCUT2D eigenvalue weighted by Crippen LogP contribution is -1.85. The summed E-state index contributed by atoms with van der Waals surface area (Å²) in [6.07, 6.45) is 4.58. The molecule has 1 rings (SSSR count). The van der Waals surface area contributed by atoms with Gasteiger partial charge in [0.25, 0.3) is 0 Å². The fourth-order valence-electron chi connectivity index (χ4n) is 0.942. The van der Waals surface area contributed by atoms with Gasteiger partial charge in [0.05, 0.1) is 0 Å². The SMILES string of the molecule is Cc1nnc(CCCCC=O)s1. The smallest absolute Gasteiger partial charge is 0.119 e. The number of hydrogen-bond donors (Lipinski definition) is 0. The first kappa shape index (κ1) is 9.32. The highest BCUT2D eigenvalue weighted by Crippen LogP contribution is 2.11. The molecule has 66 valence electrons. The van der Waals surface area contributed by atoms with Crippen molar-refractivity contribution in [1.29, 1.82) is 0 Å². The molecule has 0 bridgehead atoms. The maximum Gasteiger partial charge on any atom is 0.119 e. The molecule has 0 aliphatic heterocycles. The van der Waals surface area contributed by atoms with Gasteiger partial charge in [-0.2, -0.15) is 0 Å². The molecule has 0 N–H and O–H groups in total. The molecule has 1 heterocycles. The topological polar surface area (TPSA) is 42.9 Å². The number of rotatable bonds is 5. The maximum absolute atomic E-state index is 9.99. The van der Waals surface area contributed by atoms with Crippen LogP contribution in [0.5, 0.6) is 0 Å². The molecule has 0 saturated carbocycles. The van der Waals surface area contributed by atoms with Crippen molar-refractivity contribution in [2.75, 3.05) is 0 Å². The van der Waals surface area contributed by atoms with Crippen molar-refractivity contribution in [2.24, 2.45) is 0 Å². The molecule has 0 unspecified atom stereocenters. The van der Waals surface area contributed by atoms with Crippen LogP contribution < -0.4 is 0 Å². The molecular formula is C8H12N2OS. The van der Waals surface area contributed by atoms with Crippen molar-refractivity contribution in [3.05, 3.63) is 10.0 Å². The summed E-state index contributed by atoms with van der Waals surface area (Å²) in [5.41, 5.74) is 0. The van der Waals surface area contributed by atoms with Gasteiger partial charge in [0.2, 0.25) is 0 Å². The predicted molar refractivity (Wildman–Crippen MR) is 48.3 cm³/mol. The Labute approximate surface area is 75.8 Å². The van der Waals surface area contributed by atoms with Crippen LogP contribution in [0.4, 0.5) is 0 Å². The van der Waals surface area contributed by atoms with Gasteiger partial charge in [-0.05, 0) is 19.8 Å². The fourth-order valence-corrected chi connectivity index (χ4v) is 1.69. The van der Waals surface area contributed by atoms with Crippen LogP contribution in [0.3, 0.4) is 0 Å². The van der Waals surface area contributed by atoms with Gasteiger partial charge in [-0.25, -0.2) is 0 Å². The molecule has 4 heteroatoms. The Morgan fingerprint density at radius 1 is 1.42 bits per heavy atom. The van der Waals surface area contributed by atoms with Gasteiger partial charge < -0.3 is 4.79 Å². The normalized spacial score (nSPS) is 10.1. The molecule has 0 spiro atoms. The number of hydrogen-bond acceptors (Lipinski definition) is 4. The molecule has 1 aromatic heterocycles. The molecule has 0 aromatic carbocycles. The lowest BCUT2D eigenvalue weighted by molar-refractivity contribution is -0.107. The maximum atomic E-state index is 9.99. The first-order valence-corrected chi connectivity index (χ1v) is 4.87. The molecule has 1 aromatic rings. The Bertz CT molecular complexity index is 247. The fraction of sp³-hybridized carbons (Fsp3) is 0.625. The highest BCUT2D eigenvalue weighted by Gasteiger charge is 1.98. The molecule has 0 aliphatic carbocycles. The van der Waals surface area contributed by atoms with Crippen molar-refractivity contribution in [2.45, 2.75) is 32.6 Å². The molecule has 0 atom stereocenters. The Balaban J connectivity index is 2.19. The molecule has 0 aliphatic rings. The average molecular weight is 184 g/mol. The van der Waals surface area contributed by atoms with E-state index in [1.807, 2.05) is 6.92 Å². The van der Waals surface area contributed by atoms with Crippen LogP contribution in [-0.4, -0.2) is 16.5 Å². The van der Waals surface area contributed by atoms with E-state index in [9.17, 15) is 4.79 Å². The largest absolute Gasteiger partial charge is 0.303 e. The van der Waals surface area contributed by atoms with E-state index in [2.05, 4.69) is 10.2 Å². The Morgan fingerprint density at radius 3 is 2.83 bits per heavy atom. The van der Waals surface area contributed by atoms with Crippen molar-refractivity contribution in [1.82, 2.24) is 10.2 Å². The van der Waals surface area contributed by atoms with Crippen molar-refractivity contribution in [3.8, 4) is 0 Å². The number of aromatic nitrogens is 2. The second kappa shape index (κ2) is 4.98. The molecule has 0 saturated heterocycles. The van der Waals surface area contributed by atoms with E-state index in [1.54, 1.807) is 11.3 Å². The summed E-state index contributed by atoms with van der Waals surface area (Å²) in [6.45, 7) is 1.95. The van der Waals surface area contributed by atoms with Crippen LogP contribution in [0, 0.1) is 6.92 Å². The van der Waals surface area contributed by atoms with Gasteiger partial charge in [0, 0.05) is 12.8 Å². The number of carbonyl (C=O) groups excluding carboxylic acids is 1. The zero-order valence-corrected chi connectivity index (χ0v) is 7.93. The molecule has 12 heavy (non-hydrogen) atoms. The summed E-state index contributed by atoms with van der Waals surface area (Å²) in [4.78, 5) is 9.99. The second-order valence-corrected chi connectivity index (χ2v) is 3.89. The summed E-state index contributed by atoms with van der Waals surface area (Å²) in [6, 6.07) is 0. The predicted octanol–water partition coefficient (Wildman–Crippen LogP) is 1.76. The van der Waals surface area contributed by atoms with Crippen LogP contribution in [0.1, 0.15) is 29.3 Å². The summed E-state index contributed by atoms with van der Waals surface area (Å²) in [5.74, 6) is 0. The number of aldehydes is 1. The van der Waals surface area contributed by atoms with E-state index in [0.29, 0.717) is 6.42 Å². The van der Waals surface area contributed by atoms with E-state index in [4.69, 9.17) is 0 Å². The zero-order valence-electron chi connectivity index (χ0n) is 7.12. The zero-order chi connectivity index (χ0) is 8.81. The minimum Gasteiger partial charge on any atom is -0.303 e. The second-order valence-electron chi connectivity index (χ2n) is 2.63. The van der Waals surface area contributed by atoms with E-state index in [-0.39, 0.29) is 0 Å². The van der Waals surface area contributed by atoms with Gasteiger partial charge in [-0.3, -0.25) is 0 Å². The Morgan fingerprint density at radius 2 is 2.25 bits per heavy atom. The third-order valence-electron chi connectivity index (χ3n) is 1.53. The van der Waals surface area contributed by atoms with Crippen molar-refractivity contribution >= 4 is 17.6 Å². The van der Waals surface area contributed by atoms with Gasteiger partial charge in [-0.1, -0.05) is 0 Å². The number of nitrogens with zero attached hydrogens (tertiary/aromatic N) is 2. The van der Waals surface area contributed by atoms with E-state index >= 15 is 0 Å². The van der Waals surface area contributed by atoms with Crippen molar-refractivity contribution < 1.29 is 4.79 Å². The third kappa shape index (κ3) is 3.09. The summed E-state index contributed by atoms with van der Waals surface area (Å²) < 4.78 is 0. The lowest BCUT2D eigenvalue weighted by Gasteiger charge is -1.91. The van der Waals surface area contributed by atoms with Crippen molar-refractivity contribution in [3.63, 3.8) is 0 Å². The summed E-state index contributed by atoms with van der Waals surface area (Å²) in [7, 11) is 0. The van der Waals surface area contributed by atoms with Gasteiger partial charge >= 0.3 is 0 Å². The Kier molecular flexibility index (Phi) is 3.87. The number of carbonyl (C=O) groups is 1. The average Bonchev–Trinajstić information content (AvgIpc) is 2.45. The summed E-state index contributed by atoms with van der Waals surface area (Å²) in [5, 5.41) is 10.0. The molecule has 0 amide bonds. The van der Waals surface area contributed by atoms with Crippen LogP contribution in [0.2, 0.25) is 0 Å². The van der Waals surface area contributed by atoms with Crippen LogP contribution in [0.25, 0.3) is 0 Å². The standard InChI is InChI=1S/C8H12N2OS/c1-7-9-10-8(12-7)5-3-2-4-6-11/h6H,2-5H2,1H3. The first-order chi connectivity index (χ1) is 5.83. The van der Waals surface area contributed by atoms with Gasteiger partial charge in [0.1, 0.15) is 16.3 Å². The number of aryl methyl sites for hydroxylation is 2. The highest BCUT2D eigenvalue weighted by molar-refractivity contribution is 7.11. The molecule has 0 radical (unpaired) electrons. The van der Waals surface area contributed by atoms with Gasteiger partial charge in [0.15, 0.2) is 0 Å². The summed E-state index contributed by atoms with van der Waals surface area (Å²) >= 11 is 1.64. The highest BCUT2D eigenvalue weighted by atomic mass is 32.1.